The van der Waals surface area contributed by atoms with Crippen LogP contribution in [-0.4, -0.2) is 21.6 Å². The van der Waals surface area contributed by atoms with Crippen LogP contribution in [0.4, 0.5) is 0 Å². The molecule has 0 bridgehead atoms. The monoisotopic (exact) mass is 265 g/mol. The van der Waals surface area contributed by atoms with E-state index in [1.165, 1.54) is 29.9 Å². The number of thioether (sulfide) groups is 2. The molecule has 17 heavy (non-hydrogen) atoms. The minimum atomic E-state index is 0.491. The third kappa shape index (κ3) is 2.51. The van der Waals surface area contributed by atoms with Crippen molar-refractivity contribution in [2.24, 2.45) is 0 Å². The van der Waals surface area contributed by atoms with E-state index in [9.17, 15) is 0 Å². The van der Waals surface area contributed by atoms with Crippen LogP contribution in [0, 0.1) is 0 Å². The van der Waals surface area contributed by atoms with Crippen LogP contribution in [0.3, 0.4) is 0 Å². The Hall–Kier alpha value is -0.120. The molecule has 92 valence electrons. The Morgan fingerprint density at radius 1 is 1.12 bits per heavy atom. The average molecular weight is 265 g/mol. The third-order valence-electron chi connectivity index (χ3n) is 3.63. The van der Waals surface area contributed by atoms with Gasteiger partial charge in [0.05, 0.1) is 4.08 Å². The van der Waals surface area contributed by atoms with Crippen molar-refractivity contribution in [3.05, 3.63) is 35.9 Å². The quantitative estimate of drug-likeness (QED) is 0.832. The smallest absolute Gasteiger partial charge is 0.0644 e. The van der Waals surface area contributed by atoms with Crippen LogP contribution < -0.4 is 5.32 Å². The maximum absolute atomic E-state index is 3.76. The van der Waals surface area contributed by atoms with E-state index in [-0.39, 0.29) is 0 Å². The summed E-state index contributed by atoms with van der Waals surface area (Å²) in [5.41, 5.74) is 1.45. The first-order valence-corrected chi connectivity index (χ1v) is 8.33. The van der Waals surface area contributed by atoms with E-state index in [1.807, 2.05) is 0 Å². The van der Waals surface area contributed by atoms with Gasteiger partial charge in [-0.2, -0.15) is 0 Å². The SMILES string of the molecule is C[C@H]1CC2(C[C@@H](c3ccccc3)N1)SCCS2. The lowest BCUT2D eigenvalue weighted by Crippen LogP contribution is -2.44. The van der Waals surface area contributed by atoms with Gasteiger partial charge in [0, 0.05) is 23.6 Å². The second-order valence-electron chi connectivity index (χ2n) is 5.05. The fourth-order valence-electron chi connectivity index (χ4n) is 2.95. The van der Waals surface area contributed by atoms with E-state index in [0.717, 1.165) is 0 Å². The van der Waals surface area contributed by atoms with Crippen molar-refractivity contribution in [1.82, 2.24) is 5.32 Å². The van der Waals surface area contributed by atoms with Gasteiger partial charge in [0.2, 0.25) is 0 Å². The first-order chi connectivity index (χ1) is 8.27. The minimum Gasteiger partial charge on any atom is -0.307 e. The van der Waals surface area contributed by atoms with Crippen molar-refractivity contribution in [2.45, 2.75) is 35.9 Å². The first kappa shape index (κ1) is 11.9. The average Bonchev–Trinajstić information content (AvgIpc) is 2.77. The molecule has 0 radical (unpaired) electrons. The summed E-state index contributed by atoms with van der Waals surface area (Å²) in [5.74, 6) is 2.66. The first-order valence-electron chi connectivity index (χ1n) is 6.36. The minimum absolute atomic E-state index is 0.491. The number of nitrogens with one attached hydrogen (secondary N) is 1. The Bertz CT molecular complexity index is 373. The van der Waals surface area contributed by atoms with E-state index >= 15 is 0 Å². The molecule has 2 aliphatic heterocycles. The Kier molecular flexibility index (Phi) is 3.42. The molecule has 0 aromatic heterocycles. The van der Waals surface area contributed by atoms with Gasteiger partial charge in [-0.3, -0.25) is 0 Å². The van der Waals surface area contributed by atoms with Crippen LogP contribution in [0.25, 0.3) is 0 Å². The molecular formula is C14H19NS2. The van der Waals surface area contributed by atoms with Crippen molar-refractivity contribution in [2.75, 3.05) is 11.5 Å². The highest BCUT2D eigenvalue weighted by Crippen LogP contribution is 2.53. The lowest BCUT2D eigenvalue weighted by Gasteiger charge is -2.41. The summed E-state index contributed by atoms with van der Waals surface area (Å²) >= 11 is 4.38. The van der Waals surface area contributed by atoms with Crippen LogP contribution in [0.2, 0.25) is 0 Å². The maximum atomic E-state index is 3.76. The van der Waals surface area contributed by atoms with Crippen molar-refractivity contribution in [1.29, 1.82) is 0 Å². The normalized spacial score (nSPS) is 31.8. The van der Waals surface area contributed by atoms with Gasteiger partial charge < -0.3 is 5.32 Å². The van der Waals surface area contributed by atoms with E-state index in [2.05, 4.69) is 66.1 Å². The molecule has 1 aromatic rings. The lowest BCUT2D eigenvalue weighted by molar-refractivity contribution is 0.335. The molecule has 2 aliphatic rings. The molecule has 0 aliphatic carbocycles. The Morgan fingerprint density at radius 3 is 2.53 bits per heavy atom. The zero-order valence-electron chi connectivity index (χ0n) is 10.2. The molecule has 1 nitrogen and oxygen atoms in total. The third-order valence-corrected chi connectivity index (χ3v) is 7.13. The molecule has 3 rings (SSSR count). The predicted molar refractivity (Wildman–Crippen MR) is 78.7 cm³/mol. The summed E-state index contributed by atoms with van der Waals surface area (Å²) in [4.78, 5) is 0. The van der Waals surface area contributed by atoms with Crippen molar-refractivity contribution < 1.29 is 0 Å². The summed E-state index contributed by atoms with van der Waals surface area (Å²) in [6.45, 7) is 2.33. The van der Waals surface area contributed by atoms with Crippen LogP contribution in [-0.2, 0) is 0 Å². The molecule has 1 spiro atoms. The standard InChI is InChI=1S/C14H19NS2/c1-11-9-14(16-7-8-17-14)10-13(15-11)12-5-3-2-4-6-12/h2-6,11,13,15H,7-10H2,1H3/t11-,13-/m0/s1. The van der Waals surface area contributed by atoms with Crippen LogP contribution in [0.1, 0.15) is 31.4 Å². The van der Waals surface area contributed by atoms with Gasteiger partial charge in [0.1, 0.15) is 0 Å². The largest absolute Gasteiger partial charge is 0.307 e. The molecule has 2 atom stereocenters. The zero-order valence-corrected chi connectivity index (χ0v) is 11.8. The number of hydrogen-bond donors (Lipinski definition) is 1. The second-order valence-corrected chi connectivity index (χ2v) is 8.26. The topological polar surface area (TPSA) is 12.0 Å². The Labute approximate surface area is 112 Å². The number of piperidine rings is 1. The predicted octanol–water partition coefficient (Wildman–Crippen LogP) is 3.68. The van der Waals surface area contributed by atoms with Crippen molar-refractivity contribution in [3.63, 3.8) is 0 Å². The van der Waals surface area contributed by atoms with E-state index in [0.29, 0.717) is 16.2 Å². The molecule has 1 N–H and O–H groups in total. The molecule has 2 heterocycles. The summed E-state index contributed by atoms with van der Waals surface area (Å²) in [7, 11) is 0. The number of benzene rings is 1. The van der Waals surface area contributed by atoms with Crippen molar-refractivity contribution >= 4 is 23.5 Å². The van der Waals surface area contributed by atoms with Gasteiger partial charge in [-0.25, -0.2) is 0 Å². The fourth-order valence-corrected chi connectivity index (χ4v) is 6.50. The molecular weight excluding hydrogens is 246 g/mol. The Balaban J connectivity index is 1.82. The fraction of sp³-hybridized carbons (Fsp3) is 0.571. The highest BCUT2D eigenvalue weighted by Gasteiger charge is 2.42. The molecule has 0 unspecified atom stereocenters. The summed E-state index contributed by atoms with van der Waals surface area (Å²) in [6, 6.07) is 12.1. The zero-order chi connectivity index (χ0) is 11.7. The van der Waals surface area contributed by atoms with Gasteiger partial charge >= 0.3 is 0 Å². The van der Waals surface area contributed by atoms with Crippen molar-refractivity contribution in [3.8, 4) is 0 Å². The van der Waals surface area contributed by atoms with Gasteiger partial charge in [-0.15, -0.1) is 23.5 Å². The molecule has 0 amide bonds. The summed E-state index contributed by atoms with van der Waals surface area (Å²) < 4.78 is 0.491. The van der Waals surface area contributed by atoms with E-state index in [1.54, 1.807) is 0 Å². The Morgan fingerprint density at radius 2 is 1.82 bits per heavy atom. The molecule has 0 saturated carbocycles. The van der Waals surface area contributed by atoms with Crippen LogP contribution in [0.5, 0.6) is 0 Å². The highest BCUT2D eigenvalue weighted by molar-refractivity contribution is 8.21. The molecule has 1 aromatic carbocycles. The highest BCUT2D eigenvalue weighted by atomic mass is 32.2. The van der Waals surface area contributed by atoms with Gasteiger partial charge in [-0.05, 0) is 25.3 Å². The lowest BCUT2D eigenvalue weighted by atomic mass is 9.93. The molecule has 3 heteroatoms. The van der Waals surface area contributed by atoms with Gasteiger partial charge in [-0.1, -0.05) is 30.3 Å². The van der Waals surface area contributed by atoms with Gasteiger partial charge in [0.25, 0.3) is 0 Å². The van der Waals surface area contributed by atoms with E-state index in [4.69, 9.17) is 0 Å². The summed E-state index contributed by atoms with van der Waals surface area (Å²) in [6.07, 6.45) is 2.59. The van der Waals surface area contributed by atoms with Crippen LogP contribution in [0.15, 0.2) is 30.3 Å². The number of hydrogen-bond acceptors (Lipinski definition) is 3. The maximum Gasteiger partial charge on any atom is 0.0644 e. The number of rotatable bonds is 1. The van der Waals surface area contributed by atoms with Gasteiger partial charge in [0.15, 0.2) is 0 Å². The molecule has 2 fully saturated rings. The van der Waals surface area contributed by atoms with Crippen LogP contribution >= 0.6 is 23.5 Å². The second kappa shape index (κ2) is 4.87. The summed E-state index contributed by atoms with van der Waals surface area (Å²) in [5, 5.41) is 3.76. The molecule has 2 saturated heterocycles. The van der Waals surface area contributed by atoms with E-state index < -0.39 is 0 Å².